The maximum absolute atomic E-state index is 14.1. The highest BCUT2D eigenvalue weighted by atomic mass is 16.2. The summed E-state index contributed by atoms with van der Waals surface area (Å²) >= 11 is 0. The van der Waals surface area contributed by atoms with E-state index in [9.17, 15) is 24.0 Å². The van der Waals surface area contributed by atoms with Crippen molar-refractivity contribution in [2.24, 2.45) is 28.4 Å². The summed E-state index contributed by atoms with van der Waals surface area (Å²) in [4.78, 5) is 66.7. The van der Waals surface area contributed by atoms with Gasteiger partial charge in [0.25, 0.3) is 5.91 Å². The van der Waals surface area contributed by atoms with E-state index in [1.165, 1.54) is 0 Å². The van der Waals surface area contributed by atoms with Crippen molar-refractivity contribution in [1.82, 2.24) is 20.9 Å². The minimum absolute atomic E-state index is 0.260. The van der Waals surface area contributed by atoms with Crippen LogP contribution in [0.1, 0.15) is 99.8 Å². The highest BCUT2D eigenvalue weighted by Gasteiger charge is 2.53. The van der Waals surface area contributed by atoms with Crippen LogP contribution in [0.25, 0.3) is 0 Å². The number of hydrogen-bond donors (Lipinski definition) is 4. The van der Waals surface area contributed by atoms with Gasteiger partial charge in [0, 0.05) is 12.1 Å². The van der Waals surface area contributed by atoms with Crippen LogP contribution in [0, 0.1) is 22.7 Å². The van der Waals surface area contributed by atoms with E-state index in [0.717, 1.165) is 38.5 Å². The molecule has 0 spiro atoms. The first-order chi connectivity index (χ1) is 17.9. The molecule has 1 aliphatic heterocycles. The van der Waals surface area contributed by atoms with Crippen molar-refractivity contribution < 1.29 is 24.0 Å². The number of ketones is 1. The van der Waals surface area contributed by atoms with E-state index in [2.05, 4.69) is 22.9 Å². The fraction of sp³-hybridized carbons (Fsp3) is 0.828. The van der Waals surface area contributed by atoms with Crippen LogP contribution < -0.4 is 21.7 Å². The number of nitrogens with two attached hydrogens (primary N) is 1. The van der Waals surface area contributed by atoms with Gasteiger partial charge in [-0.3, -0.25) is 19.2 Å². The van der Waals surface area contributed by atoms with Crippen LogP contribution in [0.15, 0.2) is 0 Å². The molecule has 1 heterocycles. The van der Waals surface area contributed by atoms with Gasteiger partial charge >= 0.3 is 6.03 Å². The summed E-state index contributed by atoms with van der Waals surface area (Å²) in [6, 6.07) is -3.14. The minimum Gasteiger partial charge on any atom is -0.363 e. The molecule has 1 unspecified atom stereocenters. The number of carbonyl (C=O) groups excluding carboxylic acids is 5. The fourth-order valence-corrected chi connectivity index (χ4v) is 6.04. The number of carbonyl (C=O) groups is 5. The molecule has 0 radical (unpaired) electrons. The molecule has 10 nitrogen and oxygen atoms in total. The molecule has 0 aromatic heterocycles. The van der Waals surface area contributed by atoms with E-state index >= 15 is 0 Å². The van der Waals surface area contributed by atoms with Crippen LogP contribution in [0.3, 0.4) is 0 Å². The molecule has 2 saturated carbocycles. The first-order valence-electron chi connectivity index (χ1n) is 14.4. The normalized spacial score (nSPS) is 25.6. The molecule has 0 aromatic carbocycles. The summed E-state index contributed by atoms with van der Waals surface area (Å²) in [5.41, 5.74) is 3.93. The summed E-state index contributed by atoms with van der Waals surface area (Å²) in [6.45, 7) is 13.7. The topological polar surface area (TPSA) is 151 Å². The number of Topliss-reactive ketones (excluding diaryl/α,β-unsaturated/α-hetero) is 1. The molecule has 3 fully saturated rings. The second-order valence-corrected chi connectivity index (χ2v) is 14.4. The van der Waals surface area contributed by atoms with Gasteiger partial charge in [-0.2, -0.15) is 0 Å². The lowest BCUT2D eigenvalue weighted by Crippen LogP contribution is -2.61. The van der Waals surface area contributed by atoms with Crippen molar-refractivity contribution in [3.8, 4) is 0 Å². The molecule has 3 rings (SSSR count). The van der Waals surface area contributed by atoms with E-state index < -0.39 is 52.7 Å². The highest BCUT2D eigenvalue weighted by molar-refractivity contribution is 6.37. The van der Waals surface area contributed by atoms with Gasteiger partial charge in [-0.1, -0.05) is 53.4 Å². The quantitative estimate of drug-likeness (QED) is 0.327. The Bertz CT molecular complexity index is 976. The summed E-state index contributed by atoms with van der Waals surface area (Å²) < 4.78 is 0. The molecular weight excluding hydrogens is 498 g/mol. The molecule has 220 valence electrons. The number of hydrogen-bond acceptors (Lipinski definition) is 5. The van der Waals surface area contributed by atoms with E-state index in [0.29, 0.717) is 25.3 Å². The van der Waals surface area contributed by atoms with Crippen LogP contribution in [0.5, 0.6) is 0 Å². The van der Waals surface area contributed by atoms with Crippen molar-refractivity contribution >= 4 is 29.5 Å². The zero-order valence-electron chi connectivity index (χ0n) is 24.8. The van der Waals surface area contributed by atoms with Gasteiger partial charge in [0.1, 0.15) is 12.1 Å². The Morgan fingerprint density at radius 1 is 0.949 bits per heavy atom. The van der Waals surface area contributed by atoms with Gasteiger partial charge in [-0.25, -0.2) is 4.79 Å². The number of primary amides is 1. The predicted octanol–water partition coefficient (Wildman–Crippen LogP) is 2.64. The molecule has 5 amide bonds. The number of nitrogens with one attached hydrogen (secondary N) is 3. The lowest BCUT2D eigenvalue weighted by atomic mass is 9.65. The second-order valence-electron chi connectivity index (χ2n) is 14.4. The molecule has 2 aliphatic carbocycles. The first-order valence-corrected chi connectivity index (χ1v) is 14.4. The summed E-state index contributed by atoms with van der Waals surface area (Å²) in [7, 11) is 0. The Labute approximate surface area is 232 Å². The number of amides is 5. The first kappa shape index (κ1) is 30.9. The standard InChI is InChI=1S/C29H49N5O5/c1-27(2,3)22(32-26(39)33-28(4,5)6)25(38)34-16-29(7,18-12-9-13-18)15-20(34)24(37)31-19(21(35)23(30)36)14-17-10-8-11-17/h17-20,22H,8-16H2,1-7H3,(H2,30,36)(H,31,37)(H2,32,33,39)/t19?,20-,22+,29+/m0/s1. The lowest BCUT2D eigenvalue weighted by molar-refractivity contribution is -0.143. The van der Waals surface area contributed by atoms with Crippen molar-refractivity contribution in [3.63, 3.8) is 0 Å². The Kier molecular flexibility index (Phi) is 9.07. The monoisotopic (exact) mass is 547 g/mol. The molecule has 4 atom stereocenters. The van der Waals surface area contributed by atoms with Gasteiger partial charge in [0.05, 0.1) is 6.04 Å². The third kappa shape index (κ3) is 7.51. The van der Waals surface area contributed by atoms with Crippen LogP contribution >= 0.6 is 0 Å². The maximum Gasteiger partial charge on any atom is 0.315 e. The average Bonchev–Trinajstić information content (AvgIpc) is 3.07. The lowest BCUT2D eigenvalue weighted by Gasteiger charge is -2.40. The van der Waals surface area contributed by atoms with Crippen LogP contribution in [0.2, 0.25) is 0 Å². The van der Waals surface area contributed by atoms with E-state index in [-0.39, 0.29) is 17.2 Å². The van der Waals surface area contributed by atoms with Crippen molar-refractivity contribution in [1.29, 1.82) is 0 Å². The number of nitrogens with zero attached hydrogens (tertiary/aromatic N) is 1. The van der Waals surface area contributed by atoms with Gasteiger partial charge < -0.3 is 26.6 Å². The molecule has 3 aliphatic rings. The number of urea groups is 1. The Balaban J connectivity index is 1.87. The highest BCUT2D eigenvalue weighted by Crippen LogP contribution is 2.49. The Hall–Kier alpha value is -2.65. The number of likely N-dealkylation sites (tertiary alicyclic amines) is 1. The van der Waals surface area contributed by atoms with Gasteiger partial charge in [0.15, 0.2) is 0 Å². The van der Waals surface area contributed by atoms with E-state index in [4.69, 9.17) is 5.73 Å². The smallest absolute Gasteiger partial charge is 0.315 e. The SMILES string of the molecule is CC(C)(C)NC(=O)N[C@H](C(=O)N1C[C@](C)(C2CCC2)C[C@H]1C(=O)NC(CC1CCC1)C(=O)C(N)=O)C(C)(C)C. The van der Waals surface area contributed by atoms with E-state index in [1.54, 1.807) is 4.90 Å². The van der Waals surface area contributed by atoms with Crippen LogP contribution in [0.4, 0.5) is 4.79 Å². The Morgan fingerprint density at radius 3 is 1.97 bits per heavy atom. The predicted molar refractivity (Wildman–Crippen MR) is 148 cm³/mol. The summed E-state index contributed by atoms with van der Waals surface area (Å²) in [5, 5.41) is 8.52. The zero-order chi connectivity index (χ0) is 29.3. The van der Waals surface area contributed by atoms with E-state index in [1.807, 2.05) is 41.5 Å². The third-order valence-electron chi connectivity index (χ3n) is 8.79. The van der Waals surface area contributed by atoms with Crippen LogP contribution in [-0.4, -0.2) is 64.6 Å². The molecule has 1 saturated heterocycles. The molecule has 10 heteroatoms. The van der Waals surface area contributed by atoms with Gasteiger partial charge in [0.2, 0.25) is 17.6 Å². The molecule has 39 heavy (non-hydrogen) atoms. The second kappa shape index (κ2) is 11.5. The van der Waals surface area contributed by atoms with Crippen LogP contribution in [-0.2, 0) is 19.2 Å². The fourth-order valence-electron chi connectivity index (χ4n) is 6.04. The molecule has 5 N–H and O–H groups in total. The van der Waals surface area contributed by atoms with Crippen molar-refractivity contribution in [3.05, 3.63) is 0 Å². The van der Waals surface area contributed by atoms with Crippen molar-refractivity contribution in [2.45, 2.75) is 123 Å². The zero-order valence-corrected chi connectivity index (χ0v) is 24.8. The Morgan fingerprint density at radius 2 is 1.54 bits per heavy atom. The largest absolute Gasteiger partial charge is 0.363 e. The van der Waals surface area contributed by atoms with Gasteiger partial charge in [-0.05, 0) is 69.1 Å². The number of rotatable bonds is 9. The van der Waals surface area contributed by atoms with Crippen molar-refractivity contribution in [2.75, 3.05) is 6.54 Å². The average molecular weight is 548 g/mol. The molecule has 0 bridgehead atoms. The maximum atomic E-state index is 14.1. The molecular formula is C29H49N5O5. The minimum atomic E-state index is -1.07. The summed E-state index contributed by atoms with van der Waals surface area (Å²) in [5.74, 6) is -1.99. The van der Waals surface area contributed by atoms with Gasteiger partial charge in [-0.15, -0.1) is 0 Å². The summed E-state index contributed by atoms with van der Waals surface area (Å²) in [6.07, 6.45) is 7.00. The third-order valence-corrected chi connectivity index (χ3v) is 8.79. The molecule has 0 aromatic rings.